The Morgan fingerprint density at radius 1 is 1.20 bits per heavy atom. The second-order valence-electron chi connectivity index (χ2n) is 4.53. The van der Waals surface area contributed by atoms with E-state index < -0.39 is 30.1 Å². The molecule has 6 nitrogen and oxygen atoms in total. The quantitative estimate of drug-likeness (QED) is 0.563. The van der Waals surface area contributed by atoms with E-state index >= 15 is 0 Å². The van der Waals surface area contributed by atoms with Crippen LogP contribution in [0, 0.1) is 0 Å². The number of benzene rings is 1. The van der Waals surface area contributed by atoms with Crippen molar-refractivity contribution in [1.29, 1.82) is 0 Å². The van der Waals surface area contributed by atoms with Crippen molar-refractivity contribution in [3.63, 3.8) is 0 Å². The third kappa shape index (κ3) is 5.26. The summed E-state index contributed by atoms with van der Waals surface area (Å²) in [6.45, 7) is -0.636. The van der Waals surface area contributed by atoms with Crippen molar-refractivity contribution in [3.05, 3.63) is 46.8 Å². The molecule has 132 valence electrons. The lowest BCUT2D eigenvalue weighted by molar-refractivity contribution is -0.119. The molecule has 0 fully saturated rings. The molecule has 0 radical (unpaired) electrons. The number of rotatable bonds is 7. The van der Waals surface area contributed by atoms with E-state index in [-0.39, 0.29) is 32.8 Å². The predicted octanol–water partition coefficient (Wildman–Crippen LogP) is 2.96. The van der Waals surface area contributed by atoms with Crippen molar-refractivity contribution in [2.24, 2.45) is 5.73 Å². The lowest BCUT2D eigenvalue weighted by Crippen LogP contribution is -2.22. The molecule has 2 aromatic rings. The van der Waals surface area contributed by atoms with E-state index in [2.05, 4.69) is 5.32 Å². The number of amides is 2. The Kier molecular flexibility index (Phi) is 6.48. The minimum Gasteiger partial charge on any atom is -0.452 e. The SMILES string of the molecule is NC(=O)c1ccsc1NC(=O)COC(=O)c1ccccc1SC(F)F. The molecule has 0 saturated carbocycles. The molecule has 0 aliphatic rings. The van der Waals surface area contributed by atoms with E-state index in [0.717, 1.165) is 11.3 Å². The molecule has 0 saturated heterocycles. The van der Waals surface area contributed by atoms with Crippen LogP contribution in [0.1, 0.15) is 20.7 Å². The first-order chi connectivity index (χ1) is 11.9. The Bertz CT molecular complexity index is 795. The molecule has 1 aromatic carbocycles. The van der Waals surface area contributed by atoms with Gasteiger partial charge in [0.2, 0.25) is 0 Å². The molecule has 0 atom stereocenters. The zero-order chi connectivity index (χ0) is 18.4. The van der Waals surface area contributed by atoms with Gasteiger partial charge in [-0.2, -0.15) is 8.78 Å². The minimum atomic E-state index is -2.69. The minimum absolute atomic E-state index is 0.0529. The predicted molar refractivity (Wildman–Crippen MR) is 90.1 cm³/mol. The molecule has 3 N–H and O–H groups in total. The molecular formula is C15H12F2N2O4S2. The third-order valence-corrected chi connectivity index (χ3v) is 4.46. The topological polar surface area (TPSA) is 98.5 Å². The smallest absolute Gasteiger partial charge is 0.339 e. The molecule has 1 aromatic heterocycles. The molecule has 2 rings (SSSR count). The Hall–Kier alpha value is -2.46. The molecule has 0 aliphatic carbocycles. The highest BCUT2D eigenvalue weighted by atomic mass is 32.2. The van der Waals surface area contributed by atoms with Crippen molar-refractivity contribution >= 4 is 45.9 Å². The number of alkyl halides is 2. The molecule has 25 heavy (non-hydrogen) atoms. The van der Waals surface area contributed by atoms with Gasteiger partial charge in [0.05, 0.1) is 11.1 Å². The van der Waals surface area contributed by atoms with Gasteiger partial charge in [0, 0.05) is 4.90 Å². The van der Waals surface area contributed by atoms with Crippen LogP contribution in [-0.4, -0.2) is 30.1 Å². The van der Waals surface area contributed by atoms with Crippen molar-refractivity contribution in [2.75, 3.05) is 11.9 Å². The Balaban J connectivity index is 1.97. The van der Waals surface area contributed by atoms with E-state index in [1.54, 1.807) is 5.38 Å². The number of halogens is 2. The molecule has 2 amide bonds. The fourth-order valence-corrected chi connectivity index (χ4v) is 3.24. The zero-order valence-corrected chi connectivity index (χ0v) is 14.2. The van der Waals surface area contributed by atoms with Gasteiger partial charge in [-0.1, -0.05) is 23.9 Å². The summed E-state index contributed by atoms with van der Waals surface area (Å²) in [6.07, 6.45) is 0. The van der Waals surface area contributed by atoms with Gasteiger partial charge in [-0.25, -0.2) is 4.79 Å². The number of ether oxygens (including phenoxy) is 1. The molecule has 0 bridgehead atoms. The first kappa shape index (κ1) is 18.9. The summed E-state index contributed by atoms with van der Waals surface area (Å²) in [5, 5.41) is 4.21. The van der Waals surface area contributed by atoms with E-state index in [4.69, 9.17) is 10.5 Å². The number of carbonyl (C=O) groups excluding carboxylic acids is 3. The maximum absolute atomic E-state index is 12.5. The molecular weight excluding hydrogens is 374 g/mol. The van der Waals surface area contributed by atoms with E-state index in [1.807, 2.05) is 0 Å². The third-order valence-electron chi connectivity index (χ3n) is 2.84. The number of hydrogen-bond donors (Lipinski definition) is 2. The first-order valence-corrected chi connectivity index (χ1v) is 8.52. The monoisotopic (exact) mass is 386 g/mol. The molecule has 1 heterocycles. The van der Waals surface area contributed by atoms with Crippen LogP contribution in [0.15, 0.2) is 40.6 Å². The van der Waals surface area contributed by atoms with Crippen LogP contribution in [0.5, 0.6) is 0 Å². The average Bonchev–Trinajstić information content (AvgIpc) is 3.01. The summed E-state index contributed by atoms with van der Waals surface area (Å²) in [7, 11) is 0. The Labute approximate surface area is 149 Å². The highest BCUT2D eigenvalue weighted by molar-refractivity contribution is 7.99. The highest BCUT2D eigenvalue weighted by Gasteiger charge is 2.18. The summed E-state index contributed by atoms with van der Waals surface area (Å²) in [4.78, 5) is 35.0. The van der Waals surface area contributed by atoms with Gasteiger partial charge in [-0.3, -0.25) is 9.59 Å². The lowest BCUT2D eigenvalue weighted by Gasteiger charge is -2.09. The number of nitrogens with two attached hydrogens (primary N) is 1. The van der Waals surface area contributed by atoms with E-state index in [0.29, 0.717) is 0 Å². The van der Waals surface area contributed by atoms with Crippen molar-refractivity contribution in [3.8, 4) is 0 Å². The first-order valence-electron chi connectivity index (χ1n) is 6.76. The number of esters is 1. The fraction of sp³-hybridized carbons (Fsp3) is 0.133. The van der Waals surface area contributed by atoms with Crippen LogP contribution in [-0.2, 0) is 9.53 Å². The number of anilines is 1. The number of thioether (sulfide) groups is 1. The standard InChI is InChI=1S/C15H12F2N2O4S2/c16-15(17)25-10-4-2-1-3-8(10)14(22)23-7-11(20)19-13-9(12(18)21)5-6-24-13/h1-6,15H,7H2,(H2,18,21)(H,19,20). The van der Waals surface area contributed by atoms with Gasteiger partial charge in [0.15, 0.2) is 6.61 Å². The second kappa shape index (κ2) is 8.58. The van der Waals surface area contributed by atoms with Crippen LogP contribution >= 0.6 is 23.1 Å². The number of carbonyl (C=O) groups is 3. The summed E-state index contributed by atoms with van der Waals surface area (Å²) in [6, 6.07) is 7.15. The van der Waals surface area contributed by atoms with E-state index in [9.17, 15) is 23.2 Å². The Morgan fingerprint density at radius 2 is 1.92 bits per heavy atom. The highest BCUT2D eigenvalue weighted by Crippen LogP contribution is 2.28. The van der Waals surface area contributed by atoms with E-state index in [1.165, 1.54) is 30.3 Å². The normalized spacial score (nSPS) is 10.5. The van der Waals surface area contributed by atoms with Gasteiger partial charge >= 0.3 is 5.97 Å². The average molecular weight is 386 g/mol. The number of primary amides is 1. The maximum Gasteiger partial charge on any atom is 0.339 e. The van der Waals surface area contributed by atoms with Crippen LogP contribution in [0.4, 0.5) is 13.8 Å². The van der Waals surface area contributed by atoms with Gasteiger partial charge in [-0.05, 0) is 23.6 Å². The largest absolute Gasteiger partial charge is 0.452 e. The number of thiophene rings is 1. The van der Waals surface area contributed by atoms with Gasteiger partial charge < -0.3 is 15.8 Å². The van der Waals surface area contributed by atoms with Gasteiger partial charge in [-0.15, -0.1) is 11.3 Å². The van der Waals surface area contributed by atoms with Crippen LogP contribution < -0.4 is 11.1 Å². The summed E-state index contributed by atoms with van der Waals surface area (Å²) < 4.78 is 29.8. The molecule has 0 aliphatic heterocycles. The summed E-state index contributed by atoms with van der Waals surface area (Å²) in [5.74, 6) is -4.98. The van der Waals surface area contributed by atoms with Crippen molar-refractivity contribution < 1.29 is 27.9 Å². The van der Waals surface area contributed by atoms with Crippen LogP contribution in [0.2, 0.25) is 0 Å². The number of nitrogens with one attached hydrogen (secondary N) is 1. The van der Waals surface area contributed by atoms with Gasteiger partial charge in [0.1, 0.15) is 5.00 Å². The van der Waals surface area contributed by atoms with Crippen molar-refractivity contribution in [2.45, 2.75) is 10.7 Å². The van der Waals surface area contributed by atoms with Crippen LogP contribution in [0.25, 0.3) is 0 Å². The number of hydrogen-bond acceptors (Lipinski definition) is 6. The second-order valence-corrected chi connectivity index (χ2v) is 6.47. The Morgan fingerprint density at radius 3 is 2.60 bits per heavy atom. The van der Waals surface area contributed by atoms with Crippen LogP contribution in [0.3, 0.4) is 0 Å². The maximum atomic E-state index is 12.5. The van der Waals surface area contributed by atoms with Gasteiger partial charge in [0.25, 0.3) is 17.6 Å². The fourth-order valence-electron chi connectivity index (χ4n) is 1.81. The molecule has 0 unspecified atom stereocenters. The zero-order valence-electron chi connectivity index (χ0n) is 12.5. The molecule has 10 heteroatoms. The molecule has 0 spiro atoms. The van der Waals surface area contributed by atoms with Crippen molar-refractivity contribution in [1.82, 2.24) is 0 Å². The summed E-state index contributed by atoms with van der Waals surface area (Å²) in [5.41, 5.74) is 5.24. The summed E-state index contributed by atoms with van der Waals surface area (Å²) >= 11 is 1.30. The lowest BCUT2D eigenvalue weighted by atomic mass is 10.2.